The predicted octanol–water partition coefficient (Wildman–Crippen LogP) is 1.82. The number of imide groups is 1. The van der Waals surface area contributed by atoms with Crippen LogP contribution in [-0.4, -0.2) is 46.1 Å². The molecule has 128 valence electrons. The van der Waals surface area contributed by atoms with E-state index in [-0.39, 0.29) is 24.4 Å². The molecule has 0 spiro atoms. The van der Waals surface area contributed by atoms with E-state index < -0.39 is 17.8 Å². The Labute approximate surface area is 142 Å². The molecule has 2 aromatic rings. The Kier molecular flexibility index (Phi) is 4.42. The number of ether oxygens (including phenoxy) is 1. The minimum absolute atomic E-state index is 0.0959. The largest absolute Gasteiger partial charge is 0.464 e. The van der Waals surface area contributed by atoms with Crippen molar-refractivity contribution in [3.05, 3.63) is 65.3 Å². The number of fused-ring (bicyclic) bond motifs is 1. The van der Waals surface area contributed by atoms with Crippen LogP contribution in [0.2, 0.25) is 0 Å². The summed E-state index contributed by atoms with van der Waals surface area (Å²) in [5.41, 5.74) is 0.840. The molecule has 8 heteroatoms. The maximum atomic E-state index is 13.3. The number of hydrogen-bond donors (Lipinski definition) is 0. The van der Waals surface area contributed by atoms with Gasteiger partial charge < -0.3 is 4.74 Å². The van der Waals surface area contributed by atoms with Gasteiger partial charge in [0.2, 0.25) is 0 Å². The molecule has 0 aliphatic carbocycles. The quantitative estimate of drug-likeness (QED) is 0.611. The van der Waals surface area contributed by atoms with E-state index in [1.54, 1.807) is 24.3 Å². The van der Waals surface area contributed by atoms with Crippen LogP contribution in [0.15, 0.2) is 48.4 Å². The number of halogens is 1. The smallest absolute Gasteiger partial charge is 0.356 e. The van der Waals surface area contributed by atoms with Crippen molar-refractivity contribution in [2.45, 2.75) is 6.54 Å². The van der Waals surface area contributed by atoms with Gasteiger partial charge in [-0.25, -0.2) is 9.18 Å². The SMILES string of the molecule is COC(=O)c1ccnn1C/C(=C/F)CN1C(=O)c2ccccc2C1=O. The van der Waals surface area contributed by atoms with Gasteiger partial charge in [-0.15, -0.1) is 0 Å². The molecule has 0 unspecified atom stereocenters. The fourth-order valence-electron chi connectivity index (χ4n) is 2.63. The summed E-state index contributed by atoms with van der Waals surface area (Å²) in [5, 5.41) is 3.95. The molecule has 7 nitrogen and oxygen atoms in total. The van der Waals surface area contributed by atoms with Crippen molar-refractivity contribution in [2.24, 2.45) is 0 Å². The van der Waals surface area contributed by atoms with Gasteiger partial charge in [-0.1, -0.05) is 12.1 Å². The summed E-state index contributed by atoms with van der Waals surface area (Å²) in [7, 11) is 1.23. The van der Waals surface area contributed by atoms with Crippen LogP contribution in [0, 0.1) is 0 Å². The monoisotopic (exact) mass is 343 g/mol. The molecule has 1 aromatic carbocycles. The minimum Gasteiger partial charge on any atom is -0.464 e. The second-order valence-corrected chi connectivity index (χ2v) is 5.38. The number of carbonyl (C=O) groups excluding carboxylic acids is 3. The van der Waals surface area contributed by atoms with Crippen LogP contribution in [0.4, 0.5) is 4.39 Å². The van der Waals surface area contributed by atoms with Crippen molar-refractivity contribution in [1.29, 1.82) is 0 Å². The van der Waals surface area contributed by atoms with Crippen LogP contribution < -0.4 is 0 Å². The lowest BCUT2D eigenvalue weighted by Crippen LogP contribution is -2.32. The number of esters is 1. The van der Waals surface area contributed by atoms with Crippen LogP contribution in [0.3, 0.4) is 0 Å². The Morgan fingerprint density at radius 2 is 1.80 bits per heavy atom. The zero-order valence-electron chi connectivity index (χ0n) is 13.3. The zero-order valence-corrected chi connectivity index (χ0v) is 13.3. The molecule has 0 saturated carbocycles. The fourth-order valence-corrected chi connectivity index (χ4v) is 2.63. The molecule has 1 aromatic heterocycles. The number of aromatic nitrogens is 2. The van der Waals surface area contributed by atoms with Gasteiger partial charge in [0.15, 0.2) is 0 Å². The van der Waals surface area contributed by atoms with Gasteiger partial charge in [-0.2, -0.15) is 5.10 Å². The van der Waals surface area contributed by atoms with Gasteiger partial charge in [0, 0.05) is 6.20 Å². The number of methoxy groups -OCH3 is 1. The highest BCUT2D eigenvalue weighted by atomic mass is 19.1. The highest BCUT2D eigenvalue weighted by Gasteiger charge is 2.35. The second kappa shape index (κ2) is 6.68. The van der Waals surface area contributed by atoms with Crippen LogP contribution in [-0.2, 0) is 11.3 Å². The molecule has 0 bridgehead atoms. The van der Waals surface area contributed by atoms with E-state index in [9.17, 15) is 18.8 Å². The number of rotatable bonds is 5. The number of hydrogen-bond acceptors (Lipinski definition) is 5. The van der Waals surface area contributed by atoms with Crippen LogP contribution in [0.1, 0.15) is 31.2 Å². The molecule has 0 radical (unpaired) electrons. The summed E-state index contributed by atoms with van der Waals surface area (Å²) in [5.74, 6) is -1.57. The standard InChI is InChI=1S/C17H14FN3O4/c1-25-17(24)14-6-7-19-21(14)10-11(8-18)9-20-15(22)12-4-2-3-5-13(12)16(20)23/h2-8H,9-10H2,1H3/b11-8+. The highest BCUT2D eigenvalue weighted by molar-refractivity contribution is 6.21. The Hall–Kier alpha value is -3.29. The van der Waals surface area contributed by atoms with Crippen LogP contribution in [0.25, 0.3) is 0 Å². The summed E-state index contributed by atoms with van der Waals surface area (Å²) in [6.45, 7) is -0.329. The zero-order chi connectivity index (χ0) is 18.0. The van der Waals surface area contributed by atoms with E-state index in [1.807, 2.05) is 0 Å². The predicted molar refractivity (Wildman–Crippen MR) is 84.6 cm³/mol. The molecule has 0 atom stereocenters. The van der Waals surface area contributed by atoms with E-state index in [2.05, 4.69) is 9.84 Å². The molecule has 1 aliphatic rings. The van der Waals surface area contributed by atoms with Crippen molar-refractivity contribution in [1.82, 2.24) is 14.7 Å². The maximum absolute atomic E-state index is 13.3. The van der Waals surface area contributed by atoms with Crippen molar-refractivity contribution < 1.29 is 23.5 Å². The lowest BCUT2D eigenvalue weighted by molar-refractivity contribution is 0.0583. The highest BCUT2D eigenvalue weighted by Crippen LogP contribution is 2.23. The van der Waals surface area contributed by atoms with Crippen molar-refractivity contribution >= 4 is 17.8 Å². The second-order valence-electron chi connectivity index (χ2n) is 5.38. The Bertz CT molecular complexity index is 853. The number of amides is 2. The lowest BCUT2D eigenvalue weighted by atomic mass is 10.1. The first-order valence-corrected chi connectivity index (χ1v) is 7.40. The molecule has 3 rings (SSSR count). The first-order chi connectivity index (χ1) is 12.1. The van der Waals surface area contributed by atoms with E-state index in [0.717, 1.165) is 4.90 Å². The average Bonchev–Trinajstić information content (AvgIpc) is 3.19. The van der Waals surface area contributed by atoms with E-state index in [0.29, 0.717) is 17.5 Å². The van der Waals surface area contributed by atoms with Gasteiger partial charge in [-0.3, -0.25) is 19.2 Å². The number of benzene rings is 1. The molecule has 25 heavy (non-hydrogen) atoms. The summed E-state index contributed by atoms with van der Waals surface area (Å²) in [6, 6.07) is 7.86. The lowest BCUT2D eigenvalue weighted by Gasteiger charge is -2.16. The van der Waals surface area contributed by atoms with E-state index in [1.165, 1.54) is 24.1 Å². The average molecular weight is 343 g/mol. The summed E-state index contributed by atoms with van der Waals surface area (Å²) < 4.78 is 19.2. The Morgan fingerprint density at radius 3 is 2.36 bits per heavy atom. The Morgan fingerprint density at radius 1 is 1.16 bits per heavy atom. The van der Waals surface area contributed by atoms with Crippen molar-refractivity contribution in [2.75, 3.05) is 13.7 Å². The van der Waals surface area contributed by atoms with Gasteiger partial charge in [0.1, 0.15) is 5.69 Å². The summed E-state index contributed by atoms with van der Waals surface area (Å²) in [6.07, 6.45) is 1.69. The van der Waals surface area contributed by atoms with E-state index in [4.69, 9.17) is 0 Å². The van der Waals surface area contributed by atoms with Crippen LogP contribution >= 0.6 is 0 Å². The minimum atomic E-state index is -0.614. The maximum Gasteiger partial charge on any atom is 0.356 e. The molecular formula is C17H14FN3O4. The molecular weight excluding hydrogens is 329 g/mol. The fraction of sp³-hybridized carbons (Fsp3) is 0.176. The van der Waals surface area contributed by atoms with Gasteiger partial charge in [0.25, 0.3) is 11.8 Å². The molecule has 0 saturated heterocycles. The van der Waals surface area contributed by atoms with Crippen molar-refractivity contribution in [3.8, 4) is 0 Å². The van der Waals surface area contributed by atoms with Crippen LogP contribution in [0.5, 0.6) is 0 Å². The first-order valence-electron chi connectivity index (χ1n) is 7.40. The first kappa shape index (κ1) is 16.6. The molecule has 2 amide bonds. The van der Waals surface area contributed by atoms with Gasteiger partial charge >= 0.3 is 5.97 Å². The number of carbonyl (C=O) groups is 3. The van der Waals surface area contributed by atoms with E-state index >= 15 is 0 Å². The third-order valence-corrected chi connectivity index (χ3v) is 3.86. The topological polar surface area (TPSA) is 81.5 Å². The molecule has 0 N–H and O–H groups in total. The summed E-state index contributed by atoms with van der Waals surface area (Å²) >= 11 is 0. The molecule has 2 heterocycles. The molecule has 1 aliphatic heterocycles. The van der Waals surface area contributed by atoms with Crippen molar-refractivity contribution in [3.63, 3.8) is 0 Å². The number of nitrogens with zero attached hydrogens (tertiary/aromatic N) is 3. The third-order valence-electron chi connectivity index (χ3n) is 3.86. The van der Waals surface area contributed by atoms with Gasteiger partial charge in [0.05, 0.1) is 37.7 Å². The third kappa shape index (κ3) is 2.93. The molecule has 0 fully saturated rings. The summed E-state index contributed by atoms with van der Waals surface area (Å²) in [4.78, 5) is 37.3. The van der Waals surface area contributed by atoms with Gasteiger partial charge in [-0.05, 0) is 23.8 Å². The normalized spacial score (nSPS) is 14.0. The Balaban J connectivity index is 1.79.